The van der Waals surface area contributed by atoms with Crippen LogP contribution in [0.1, 0.15) is 58.3 Å². The molecule has 0 aromatic carbocycles. The monoisotopic (exact) mass is 235 g/mol. The molecule has 0 aromatic rings. The first-order valence-electron chi connectivity index (χ1n) is 6.92. The second-order valence-electron chi connectivity index (χ2n) is 4.77. The molecule has 1 amide bonds. The first kappa shape index (κ1) is 14.0. The van der Waals surface area contributed by atoms with Crippen LogP contribution in [0.4, 0.5) is 0 Å². The van der Waals surface area contributed by atoms with Crippen molar-refractivity contribution in [1.82, 2.24) is 5.32 Å². The fraction of sp³-hybridized carbons (Fsp3) is 0.667. The minimum absolute atomic E-state index is 0.0228. The largest absolute Gasteiger partial charge is 0.352 e. The zero-order chi connectivity index (χ0) is 12.5. The number of allylic oxidation sites excluding steroid dienone is 1. The maximum atomic E-state index is 11.8. The molecule has 96 valence electrons. The molecule has 1 rings (SSSR count). The highest BCUT2D eigenvalue weighted by Crippen LogP contribution is 2.22. The summed E-state index contributed by atoms with van der Waals surface area (Å²) in [6.07, 6.45) is 11.5. The molecule has 2 nitrogen and oxygen atoms in total. The average molecular weight is 235 g/mol. The first-order chi connectivity index (χ1) is 8.25. The predicted molar refractivity (Wildman–Crippen MR) is 72.8 cm³/mol. The van der Waals surface area contributed by atoms with Crippen LogP contribution in [-0.4, -0.2) is 12.5 Å². The summed E-state index contributed by atoms with van der Waals surface area (Å²) in [4.78, 5) is 11.8. The third-order valence-corrected chi connectivity index (χ3v) is 3.27. The van der Waals surface area contributed by atoms with E-state index < -0.39 is 0 Å². The Morgan fingerprint density at radius 2 is 2.18 bits per heavy atom. The number of rotatable bonds is 7. The minimum atomic E-state index is 0.0228. The van der Waals surface area contributed by atoms with Gasteiger partial charge in [0, 0.05) is 12.1 Å². The van der Waals surface area contributed by atoms with E-state index in [1.165, 1.54) is 32.1 Å². The van der Waals surface area contributed by atoms with E-state index in [1.54, 1.807) is 0 Å². The second kappa shape index (κ2) is 8.10. The van der Waals surface area contributed by atoms with E-state index in [2.05, 4.69) is 24.9 Å². The van der Waals surface area contributed by atoms with E-state index in [9.17, 15) is 4.79 Å². The van der Waals surface area contributed by atoms with Gasteiger partial charge in [-0.25, -0.2) is 0 Å². The highest BCUT2D eigenvalue weighted by Gasteiger charge is 2.13. The molecule has 0 heterocycles. The van der Waals surface area contributed by atoms with Gasteiger partial charge in [-0.15, -0.1) is 0 Å². The average Bonchev–Trinajstić information content (AvgIpc) is 2.38. The minimum Gasteiger partial charge on any atom is -0.352 e. The number of carbonyl (C=O) groups excluding carboxylic acids is 1. The van der Waals surface area contributed by atoms with Crippen LogP contribution in [0, 0.1) is 0 Å². The van der Waals surface area contributed by atoms with Crippen LogP contribution in [0.3, 0.4) is 0 Å². The van der Waals surface area contributed by atoms with Crippen molar-refractivity contribution in [2.75, 3.05) is 6.54 Å². The van der Waals surface area contributed by atoms with Gasteiger partial charge >= 0.3 is 0 Å². The zero-order valence-electron chi connectivity index (χ0n) is 11.1. The molecule has 0 atom stereocenters. The maximum absolute atomic E-state index is 11.8. The standard InChI is InChI=1S/C15H25NO/c1-3-4-5-9-12-16-15(17)13(2)14-10-7-6-8-11-14/h10H,2-9,11-12H2,1H3,(H,16,17). The van der Waals surface area contributed by atoms with E-state index in [0.717, 1.165) is 31.4 Å². The number of amides is 1. The van der Waals surface area contributed by atoms with Gasteiger partial charge in [-0.05, 0) is 37.7 Å². The van der Waals surface area contributed by atoms with Crippen molar-refractivity contribution in [3.8, 4) is 0 Å². The molecule has 0 bridgehead atoms. The molecule has 0 radical (unpaired) electrons. The van der Waals surface area contributed by atoms with Gasteiger partial charge in [-0.1, -0.05) is 38.8 Å². The van der Waals surface area contributed by atoms with Crippen molar-refractivity contribution < 1.29 is 4.79 Å². The number of hydrogen-bond acceptors (Lipinski definition) is 1. The van der Waals surface area contributed by atoms with E-state index in [-0.39, 0.29) is 5.91 Å². The molecule has 17 heavy (non-hydrogen) atoms. The van der Waals surface area contributed by atoms with Gasteiger partial charge in [0.1, 0.15) is 0 Å². The highest BCUT2D eigenvalue weighted by molar-refractivity contribution is 5.97. The van der Waals surface area contributed by atoms with Crippen LogP contribution in [0.2, 0.25) is 0 Å². The summed E-state index contributed by atoms with van der Waals surface area (Å²) in [5, 5.41) is 2.96. The Kier molecular flexibility index (Phi) is 6.68. The molecule has 1 N–H and O–H groups in total. The van der Waals surface area contributed by atoms with Gasteiger partial charge in [0.25, 0.3) is 5.91 Å². The molecule has 0 aliphatic heterocycles. The van der Waals surface area contributed by atoms with Gasteiger partial charge in [0.2, 0.25) is 0 Å². The van der Waals surface area contributed by atoms with E-state index >= 15 is 0 Å². The zero-order valence-corrected chi connectivity index (χ0v) is 11.1. The first-order valence-corrected chi connectivity index (χ1v) is 6.92. The van der Waals surface area contributed by atoms with Crippen molar-refractivity contribution in [1.29, 1.82) is 0 Å². The highest BCUT2D eigenvalue weighted by atomic mass is 16.1. The quantitative estimate of drug-likeness (QED) is 0.528. The molecule has 0 saturated heterocycles. The van der Waals surface area contributed by atoms with E-state index in [1.807, 2.05) is 0 Å². The van der Waals surface area contributed by atoms with Crippen LogP contribution < -0.4 is 5.32 Å². The number of unbranched alkanes of at least 4 members (excludes halogenated alkanes) is 3. The summed E-state index contributed by atoms with van der Waals surface area (Å²) in [5.41, 5.74) is 1.84. The molecule has 1 aliphatic carbocycles. The third kappa shape index (κ3) is 5.20. The lowest BCUT2D eigenvalue weighted by atomic mass is 9.94. The Hall–Kier alpha value is -1.05. The second-order valence-corrected chi connectivity index (χ2v) is 4.77. The van der Waals surface area contributed by atoms with Crippen LogP contribution in [0.25, 0.3) is 0 Å². The van der Waals surface area contributed by atoms with Crippen molar-refractivity contribution in [2.24, 2.45) is 0 Å². The Morgan fingerprint density at radius 1 is 1.35 bits per heavy atom. The van der Waals surface area contributed by atoms with Gasteiger partial charge < -0.3 is 5.32 Å². The van der Waals surface area contributed by atoms with E-state index in [4.69, 9.17) is 0 Å². The molecule has 1 aliphatic rings. The lowest BCUT2D eigenvalue weighted by Gasteiger charge is -2.14. The number of nitrogens with one attached hydrogen (secondary N) is 1. The maximum Gasteiger partial charge on any atom is 0.250 e. The fourth-order valence-electron chi connectivity index (χ4n) is 2.12. The van der Waals surface area contributed by atoms with Gasteiger partial charge in [-0.2, -0.15) is 0 Å². The summed E-state index contributed by atoms with van der Waals surface area (Å²) < 4.78 is 0. The Bertz CT molecular complexity index is 291. The summed E-state index contributed by atoms with van der Waals surface area (Å²) in [5.74, 6) is 0.0228. The fourth-order valence-corrected chi connectivity index (χ4v) is 2.12. The van der Waals surface area contributed by atoms with Crippen molar-refractivity contribution in [3.63, 3.8) is 0 Å². The van der Waals surface area contributed by atoms with Crippen LogP contribution in [0.5, 0.6) is 0 Å². The molecule has 0 saturated carbocycles. The molecule has 2 heteroatoms. The lowest BCUT2D eigenvalue weighted by Crippen LogP contribution is -2.26. The number of hydrogen-bond donors (Lipinski definition) is 1. The molecular formula is C15H25NO. The predicted octanol–water partition coefficient (Wildman–Crippen LogP) is 3.74. The summed E-state index contributed by atoms with van der Waals surface area (Å²) >= 11 is 0. The molecular weight excluding hydrogens is 210 g/mol. The van der Waals surface area contributed by atoms with Crippen LogP contribution >= 0.6 is 0 Å². The molecule has 0 aromatic heterocycles. The Labute approximate surface area is 105 Å². The normalized spacial score (nSPS) is 15.2. The van der Waals surface area contributed by atoms with Crippen molar-refractivity contribution >= 4 is 5.91 Å². The third-order valence-electron chi connectivity index (χ3n) is 3.27. The summed E-state index contributed by atoms with van der Waals surface area (Å²) in [6, 6.07) is 0. The van der Waals surface area contributed by atoms with Crippen molar-refractivity contribution in [2.45, 2.75) is 58.3 Å². The summed E-state index contributed by atoms with van der Waals surface area (Å²) in [6.45, 7) is 6.89. The van der Waals surface area contributed by atoms with E-state index in [0.29, 0.717) is 5.57 Å². The van der Waals surface area contributed by atoms with Crippen molar-refractivity contribution in [3.05, 3.63) is 23.8 Å². The Morgan fingerprint density at radius 3 is 2.82 bits per heavy atom. The van der Waals surface area contributed by atoms with Crippen LogP contribution in [0.15, 0.2) is 23.8 Å². The molecule has 0 fully saturated rings. The van der Waals surface area contributed by atoms with Gasteiger partial charge in [0.05, 0.1) is 0 Å². The SMILES string of the molecule is C=C(C(=O)NCCCCCC)C1=CCCCC1. The molecule has 0 unspecified atom stereocenters. The Balaban J connectivity index is 2.22. The molecule has 0 spiro atoms. The summed E-state index contributed by atoms with van der Waals surface area (Å²) in [7, 11) is 0. The van der Waals surface area contributed by atoms with Gasteiger partial charge in [-0.3, -0.25) is 4.79 Å². The van der Waals surface area contributed by atoms with Gasteiger partial charge in [0.15, 0.2) is 0 Å². The lowest BCUT2D eigenvalue weighted by molar-refractivity contribution is -0.117. The topological polar surface area (TPSA) is 29.1 Å². The van der Waals surface area contributed by atoms with Crippen LogP contribution in [-0.2, 0) is 4.79 Å². The smallest absolute Gasteiger partial charge is 0.250 e. The number of carbonyl (C=O) groups is 1.